The molecule has 0 aliphatic heterocycles. The summed E-state index contributed by atoms with van der Waals surface area (Å²) in [5.41, 5.74) is -1.14. The maximum atomic E-state index is 11.1. The van der Waals surface area contributed by atoms with Gasteiger partial charge < -0.3 is 15.2 Å². The Morgan fingerprint density at radius 3 is 2.82 bits per heavy atom. The molecule has 0 amide bonds. The fraction of sp³-hybridized carbons (Fsp3) is 0.500. The molecule has 0 saturated heterocycles. The summed E-state index contributed by atoms with van der Waals surface area (Å²) >= 11 is 5.88. The molecule has 0 bridgehead atoms. The number of aromatic nitrogens is 2. The average Bonchev–Trinajstić information content (AvgIpc) is 2.31. The van der Waals surface area contributed by atoms with Gasteiger partial charge in [0.25, 0.3) is 0 Å². The molecule has 1 atom stereocenters. The Hall–Kier alpha value is -1.56. The van der Waals surface area contributed by atoms with Gasteiger partial charge in [0, 0.05) is 0 Å². The fourth-order valence-corrected chi connectivity index (χ4v) is 1.23. The van der Waals surface area contributed by atoms with Crippen molar-refractivity contribution in [3.63, 3.8) is 0 Å². The van der Waals surface area contributed by atoms with Crippen LogP contribution in [0.3, 0.4) is 0 Å². The predicted molar refractivity (Wildman–Crippen MR) is 63.5 cm³/mol. The number of hydrogen-bond donors (Lipinski definition) is 2. The Kier molecular flexibility index (Phi) is 4.11. The number of carbonyl (C=O) groups is 1. The largest absolute Gasteiger partial charge is 0.480 e. The lowest BCUT2D eigenvalue weighted by Gasteiger charge is -2.25. The predicted octanol–water partition coefficient (Wildman–Crippen LogP) is 1.80. The molecule has 0 aliphatic rings. The first-order valence-corrected chi connectivity index (χ1v) is 5.39. The molecule has 0 saturated carbocycles. The van der Waals surface area contributed by atoms with E-state index in [4.69, 9.17) is 21.4 Å². The zero-order valence-corrected chi connectivity index (χ0v) is 10.6. The van der Waals surface area contributed by atoms with E-state index < -0.39 is 11.5 Å². The van der Waals surface area contributed by atoms with Gasteiger partial charge in [0.05, 0.1) is 13.3 Å². The molecule has 17 heavy (non-hydrogen) atoms. The van der Waals surface area contributed by atoms with E-state index >= 15 is 0 Å². The van der Waals surface area contributed by atoms with E-state index in [9.17, 15) is 4.79 Å². The number of nitrogens with zero attached hydrogens (tertiary/aromatic N) is 2. The van der Waals surface area contributed by atoms with Gasteiger partial charge in [-0.05, 0) is 13.3 Å². The number of carboxylic acids is 1. The third-order valence-electron chi connectivity index (χ3n) is 2.48. The van der Waals surface area contributed by atoms with Crippen molar-refractivity contribution in [3.05, 3.63) is 11.2 Å². The average molecular weight is 260 g/mol. The molecule has 1 rings (SSSR count). The minimum absolute atomic E-state index is 0.126. The molecule has 6 nitrogen and oxygen atoms in total. The maximum Gasteiger partial charge on any atom is 0.329 e. The van der Waals surface area contributed by atoms with E-state index in [2.05, 4.69) is 15.3 Å². The van der Waals surface area contributed by atoms with Crippen LogP contribution in [0.25, 0.3) is 0 Å². The van der Waals surface area contributed by atoms with E-state index in [1.54, 1.807) is 13.8 Å². The zero-order valence-electron chi connectivity index (χ0n) is 9.82. The third-order valence-corrected chi connectivity index (χ3v) is 2.75. The van der Waals surface area contributed by atoms with Crippen LogP contribution in [0.5, 0.6) is 6.01 Å². The van der Waals surface area contributed by atoms with E-state index in [-0.39, 0.29) is 16.9 Å². The van der Waals surface area contributed by atoms with Crippen LogP contribution >= 0.6 is 11.6 Å². The van der Waals surface area contributed by atoms with Crippen molar-refractivity contribution >= 4 is 23.4 Å². The molecular formula is C10H14ClN3O3. The molecule has 1 heterocycles. The third kappa shape index (κ3) is 2.97. The minimum atomic E-state index is -1.14. The lowest BCUT2D eigenvalue weighted by molar-refractivity contribution is -0.141. The summed E-state index contributed by atoms with van der Waals surface area (Å²) in [5, 5.41) is 12.2. The van der Waals surface area contributed by atoms with Crippen LogP contribution in [0, 0.1) is 0 Å². The van der Waals surface area contributed by atoms with E-state index in [0.717, 1.165) is 0 Å². The lowest BCUT2D eigenvalue weighted by Crippen LogP contribution is -2.43. The van der Waals surface area contributed by atoms with E-state index in [1.165, 1.54) is 13.3 Å². The molecule has 0 aliphatic carbocycles. The van der Waals surface area contributed by atoms with Gasteiger partial charge in [-0.25, -0.2) is 9.78 Å². The van der Waals surface area contributed by atoms with Gasteiger partial charge in [0.1, 0.15) is 10.6 Å². The van der Waals surface area contributed by atoms with Crippen LogP contribution in [0.15, 0.2) is 6.20 Å². The van der Waals surface area contributed by atoms with Gasteiger partial charge in [0.2, 0.25) is 0 Å². The second-order valence-corrected chi connectivity index (χ2v) is 4.08. The quantitative estimate of drug-likeness (QED) is 0.839. The van der Waals surface area contributed by atoms with Gasteiger partial charge in [-0.15, -0.1) is 0 Å². The molecule has 7 heteroatoms. The first-order valence-electron chi connectivity index (χ1n) is 5.01. The summed E-state index contributed by atoms with van der Waals surface area (Å²) in [6.45, 7) is 3.31. The second-order valence-electron chi connectivity index (χ2n) is 3.67. The maximum absolute atomic E-state index is 11.1. The van der Waals surface area contributed by atoms with Gasteiger partial charge >= 0.3 is 12.0 Å². The molecule has 0 fully saturated rings. The SMILES string of the molecule is CCC(C)(Nc1nc(OC)ncc1Cl)C(=O)O. The van der Waals surface area contributed by atoms with Gasteiger partial charge in [-0.1, -0.05) is 18.5 Å². The summed E-state index contributed by atoms with van der Waals surface area (Å²) in [7, 11) is 1.42. The molecule has 0 spiro atoms. The Labute approximate surface area is 104 Å². The topological polar surface area (TPSA) is 84.3 Å². The van der Waals surface area contributed by atoms with Gasteiger partial charge in [-0.2, -0.15) is 4.98 Å². The first-order chi connectivity index (χ1) is 7.92. The smallest absolute Gasteiger partial charge is 0.329 e. The highest BCUT2D eigenvalue weighted by Crippen LogP contribution is 2.25. The molecule has 0 aromatic carbocycles. The number of carboxylic acid groups (broad SMARTS) is 1. The number of nitrogens with one attached hydrogen (secondary N) is 1. The van der Waals surface area contributed by atoms with E-state index in [0.29, 0.717) is 6.42 Å². The Bertz CT molecular complexity index is 427. The Morgan fingerprint density at radius 2 is 2.35 bits per heavy atom. The standard InChI is InChI=1S/C10H14ClN3O3/c1-4-10(2,8(15)16)14-7-6(11)5-12-9(13-7)17-3/h5H,4H2,1-3H3,(H,15,16)(H,12,13,14). The van der Waals surface area contributed by atoms with Crippen molar-refractivity contribution < 1.29 is 14.6 Å². The van der Waals surface area contributed by atoms with Crippen molar-refractivity contribution in [2.75, 3.05) is 12.4 Å². The van der Waals surface area contributed by atoms with Crippen LogP contribution in [-0.4, -0.2) is 33.7 Å². The summed E-state index contributed by atoms with van der Waals surface area (Å²) in [5.74, 6) is -0.737. The highest BCUT2D eigenvalue weighted by atomic mass is 35.5. The fourth-order valence-electron chi connectivity index (χ4n) is 1.09. The summed E-state index contributed by atoms with van der Waals surface area (Å²) in [4.78, 5) is 18.9. The molecule has 2 N–H and O–H groups in total. The second kappa shape index (κ2) is 5.18. The molecule has 1 aromatic heterocycles. The summed E-state index contributed by atoms with van der Waals surface area (Å²) in [6.07, 6.45) is 1.73. The first kappa shape index (κ1) is 13.5. The van der Waals surface area contributed by atoms with Crippen molar-refractivity contribution in [1.82, 2.24) is 9.97 Å². The van der Waals surface area contributed by atoms with Crippen LogP contribution in [0.2, 0.25) is 5.02 Å². The van der Waals surface area contributed by atoms with Crippen molar-refractivity contribution in [2.24, 2.45) is 0 Å². The summed E-state index contributed by atoms with van der Waals surface area (Å²) in [6, 6.07) is 0.126. The monoisotopic (exact) mass is 259 g/mol. The van der Waals surface area contributed by atoms with Gasteiger partial charge in [0.15, 0.2) is 5.82 Å². The van der Waals surface area contributed by atoms with Crippen molar-refractivity contribution in [1.29, 1.82) is 0 Å². The van der Waals surface area contributed by atoms with Crippen molar-refractivity contribution in [2.45, 2.75) is 25.8 Å². The number of aliphatic carboxylic acids is 1. The van der Waals surface area contributed by atoms with Crippen LogP contribution < -0.4 is 10.1 Å². The van der Waals surface area contributed by atoms with Crippen molar-refractivity contribution in [3.8, 4) is 6.01 Å². The Balaban J connectivity index is 3.05. The molecule has 94 valence electrons. The number of hydrogen-bond acceptors (Lipinski definition) is 5. The highest BCUT2D eigenvalue weighted by Gasteiger charge is 2.32. The highest BCUT2D eigenvalue weighted by molar-refractivity contribution is 6.32. The normalized spacial score (nSPS) is 13.9. The van der Waals surface area contributed by atoms with E-state index in [1.807, 2.05) is 0 Å². The van der Waals surface area contributed by atoms with Crippen LogP contribution in [-0.2, 0) is 4.79 Å². The van der Waals surface area contributed by atoms with Crippen LogP contribution in [0.1, 0.15) is 20.3 Å². The minimum Gasteiger partial charge on any atom is -0.480 e. The molecule has 1 unspecified atom stereocenters. The number of anilines is 1. The molecule has 1 aromatic rings. The Morgan fingerprint density at radius 1 is 1.71 bits per heavy atom. The number of methoxy groups -OCH3 is 1. The molecular weight excluding hydrogens is 246 g/mol. The number of rotatable bonds is 5. The lowest BCUT2D eigenvalue weighted by atomic mass is 9.99. The number of halogens is 1. The number of ether oxygens (including phenoxy) is 1. The summed E-state index contributed by atoms with van der Waals surface area (Å²) < 4.78 is 4.85. The molecule has 0 radical (unpaired) electrons. The zero-order chi connectivity index (χ0) is 13.1. The van der Waals surface area contributed by atoms with Gasteiger partial charge in [-0.3, -0.25) is 0 Å². The van der Waals surface area contributed by atoms with Crippen LogP contribution in [0.4, 0.5) is 5.82 Å².